The minimum Gasteiger partial charge on any atom is -0.0622 e. The zero-order chi connectivity index (χ0) is 41.5. The first-order chi connectivity index (χ1) is 29.4. The molecule has 60 heavy (non-hydrogen) atoms. The zero-order valence-electron chi connectivity index (χ0n) is 35.0. The molecular weight excluding hydrogens is 721 g/mol. The molecule has 9 rings (SSSR count). The summed E-state index contributed by atoms with van der Waals surface area (Å²) in [5.74, 6) is 0. The quantitative estimate of drug-likeness (QED) is 0.128. The molecule has 0 radical (unpaired) electrons. The van der Waals surface area contributed by atoms with Gasteiger partial charge in [-0.05, 0) is 70.8 Å². The van der Waals surface area contributed by atoms with Gasteiger partial charge in [0.25, 0.3) is 0 Å². The van der Waals surface area contributed by atoms with Crippen LogP contribution in [0.5, 0.6) is 0 Å². The molecule has 0 aliphatic heterocycles. The van der Waals surface area contributed by atoms with E-state index in [-0.39, 0.29) is 16.2 Å². The molecule has 9 aromatic rings. The maximum absolute atomic E-state index is 2.30. The smallest absolute Gasteiger partial charge is 0.0423 e. The molecule has 0 amide bonds. The van der Waals surface area contributed by atoms with E-state index in [0.29, 0.717) is 0 Å². The van der Waals surface area contributed by atoms with Crippen LogP contribution in [-0.2, 0) is 16.2 Å². The first kappa shape index (κ1) is 41.2. The Morgan fingerprint density at radius 2 is 0.233 bits per heavy atom. The van der Waals surface area contributed by atoms with Gasteiger partial charge in [0, 0.05) is 16.2 Å². The van der Waals surface area contributed by atoms with Crippen molar-refractivity contribution in [1.82, 2.24) is 0 Å². The predicted molar refractivity (Wildman–Crippen MR) is 255 cm³/mol. The molecular formula is C60H54. The van der Waals surface area contributed by atoms with Crippen LogP contribution in [-0.4, -0.2) is 0 Å². The molecule has 0 fully saturated rings. The van der Waals surface area contributed by atoms with E-state index in [4.69, 9.17) is 0 Å². The van der Waals surface area contributed by atoms with E-state index in [0.717, 1.165) is 0 Å². The highest BCUT2D eigenvalue weighted by Gasteiger charge is 2.32. The van der Waals surface area contributed by atoms with Gasteiger partial charge >= 0.3 is 0 Å². The monoisotopic (exact) mass is 774 g/mol. The third-order valence-electron chi connectivity index (χ3n) is 12.2. The number of rotatable bonds is 9. The number of benzene rings is 9. The molecule has 0 N–H and O–H groups in total. The van der Waals surface area contributed by atoms with Crippen LogP contribution < -0.4 is 0 Å². The molecule has 0 heteroatoms. The molecule has 0 atom stereocenters. The lowest BCUT2D eigenvalue weighted by Gasteiger charge is -2.31. The summed E-state index contributed by atoms with van der Waals surface area (Å²) in [5.41, 5.74) is 11.5. The minimum atomic E-state index is -0.121. The normalized spacial score (nSPS) is 11.2. The Balaban J connectivity index is 0.000000136. The highest BCUT2D eigenvalue weighted by Crippen LogP contribution is 2.40. The number of hydrogen-bond acceptors (Lipinski definition) is 0. The SMILES string of the molecule is CC(c1ccccc1)(c1ccccc1)c1ccccc1.CC(c1ccccc1)(c1ccccc1)c1ccccc1.CC(c1ccccc1)(c1ccccc1)c1ccccc1. The van der Waals surface area contributed by atoms with Crippen molar-refractivity contribution in [3.8, 4) is 0 Å². The van der Waals surface area contributed by atoms with E-state index in [1.54, 1.807) is 0 Å². The van der Waals surface area contributed by atoms with Crippen LogP contribution in [0.4, 0.5) is 0 Å². The summed E-state index contributed by atoms with van der Waals surface area (Å²) in [7, 11) is 0. The molecule has 0 spiro atoms. The number of hydrogen-bond donors (Lipinski definition) is 0. The summed E-state index contributed by atoms with van der Waals surface area (Å²) in [4.78, 5) is 0. The standard InChI is InChI=1S/3C20H18/c3*1-20(17-11-5-2-6-12-17,18-13-7-3-8-14-18)19-15-9-4-10-16-19/h3*2-16H,1H3. The van der Waals surface area contributed by atoms with Gasteiger partial charge in [0.15, 0.2) is 0 Å². The molecule has 0 saturated heterocycles. The fourth-order valence-corrected chi connectivity index (χ4v) is 8.44. The second-order valence-corrected chi connectivity index (χ2v) is 15.7. The fourth-order valence-electron chi connectivity index (χ4n) is 8.44. The van der Waals surface area contributed by atoms with Gasteiger partial charge in [0.1, 0.15) is 0 Å². The maximum atomic E-state index is 2.30. The Labute approximate surface area is 358 Å². The lowest BCUT2D eigenvalue weighted by molar-refractivity contribution is 0.692. The van der Waals surface area contributed by atoms with Crippen molar-refractivity contribution in [1.29, 1.82) is 0 Å². The zero-order valence-corrected chi connectivity index (χ0v) is 35.0. The highest BCUT2D eigenvalue weighted by atomic mass is 14.3. The third-order valence-corrected chi connectivity index (χ3v) is 12.2. The molecule has 0 heterocycles. The van der Waals surface area contributed by atoms with Gasteiger partial charge in [-0.2, -0.15) is 0 Å². The van der Waals surface area contributed by atoms with Gasteiger partial charge in [-0.3, -0.25) is 0 Å². The largest absolute Gasteiger partial charge is 0.0622 e. The molecule has 294 valence electrons. The highest BCUT2D eigenvalue weighted by molar-refractivity contribution is 5.51. The van der Waals surface area contributed by atoms with Crippen LogP contribution in [0.15, 0.2) is 273 Å². The lowest BCUT2D eigenvalue weighted by atomic mass is 9.71. The van der Waals surface area contributed by atoms with Gasteiger partial charge in [0.05, 0.1) is 0 Å². The Kier molecular flexibility index (Phi) is 13.5. The third kappa shape index (κ3) is 9.00. The maximum Gasteiger partial charge on any atom is 0.0423 e. The molecule has 0 nitrogen and oxygen atoms in total. The summed E-state index contributed by atoms with van der Waals surface area (Å²) in [6.45, 7) is 6.90. The average Bonchev–Trinajstić information content (AvgIpc) is 3.36. The molecule has 0 aromatic heterocycles. The Bertz CT molecular complexity index is 1970. The van der Waals surface area contributed by atoms with Crippen molar-refractivity contribution in [3.63, 3.8) is 0 Å². The Morgan fingerprint density at radius 3 is 0.317 bits per heavy atom. The van der Waals surface area contributed by atoms with E-state index in [1.165, 1.54) is 50.1 Å². The second kappa shape index (κ2) is 19.6. The Hall–Kier alpha value is -7.02. The van der Waals surface area contributed by atoms with Crippen LogP contribution in [0.1, 0.15) is 70.8 Å². The second-order valence-electron chi connectivity index (χ2n) is 15.7. The van der Waals surface area contributed by atoms with Crippen molar-refractivity contribution >= 4 is 0 Å². The molecule has 9 aromatic carbocycles. The van der Waals surface area contributed by atoms with E-state index >= 15 is 0 Å². The molecule has 0 unspecified atom stereocenters. The first-order valence-corrected chi connectivity index (χ1v) is 20.9. The van der Waals surface area contributed by atoms with Crippen LogP contribution in [0.3, 0.4) is 0 Å². The minimum absolute atomic E-state index is 0.121. The van der Waals surface area contributed by atoms with E-state index in [2.05, 4.69) is 294 Å². The van der Waals surface area contributed by atoms with Crippen LogP contribution in [0, 0.1) is 0 Å². The first-order valence-electron chi connectivity index (χ1n) is 20.9. The van der Waals surface area contributed by atoms with Gasteiger partial charge in [-0.1, -0.05) is 273 Å². The predicted octanol–water partition coefficient (Wildman–Crippen LogP) is 15.1. The van der Waals surface area contributed by atoms with Crippen LogP contribution >= 0.6 is 0 Å². The average molecular weight is 775 g/mol. The van der Waals surface area contributed by atoms with Crippen molar-refractivity contribution in [2.45, 2.75) is 37.0 Å². The van der Waals surface area contributed by atoms with Gasteiger partial charge in [-0.15, -0.1) is 0 Å². The summed E-state index contributed by atoms with van der Waals surface area (Å²) >= 11 is 0. The topological polar surface area (TPSA) is 0 Å². The fraction of sp³-hybridized carbons (Fsp3) is 0.100. The molecule has 0 aliphatic rings. The lowest BCUT2D eigenvalue weighted by Crippen LogP contribution is -2.25. The van der Waals surface area contributed by atoms with Crippen molar-refractivity contribution in [2.24, 2.45) is 0 Å². The van der Waals surface area contributed by atoms with E-state index < -0.39 is 0 Å². The summed E-state index contributed by atoms with van der Waals surface area (Å²) in [6.07, 6.45) is 0. The van der Waals surface area contributed by atoms with Crippen molar-refractivity contribution in [2.75, 3.05) is 0 Å². The molecule has 0 aliphatic carbocycles. The summed E-state index contributed by atoms with van der Waals surface area (Å²) < 4.78 is 0. The Morgan fingerprint density at radius 1 is 0.150 bits per heavy atom. The van der Waals surface area contributed by atoms with Gasteiger partial charge in [0.2, 0.25) is 0 Å². The van der Waals surface area contributed by atoms with Crippen LogP contribution in [0.25, 0.3) is 0 Å². The van der Waals surface area contributed by atoms with Crippen molar-refractivity contribution < 1.29 is 0 Å². The van der Waals surface area contributed by atoms with Crippen LogP contribution in [0.2, 0.25) is 0 Å². The molecule has 0 bridgehead atoms. The van der Waals surface area contributed by atoms with E-state index in [1.807, 2.05) is 0 Å². The molecule has 0 saturated carbocycles. The van der Waals surface area contributed by atoms with Gasteiger partial charge in [-0.25, -0.2) is 0 Å². The summed E-state index contributed by atoms with van der Waals surface area (Å²) in [5, 5.41) is 0. The summed E-state index contributed by atoms with van der Waals surface area (Å²) in [6, 6.07) is 96.4. The van der Waals surface area contributed by atoms with E-state index in [9.17, 15) is 0 Å². The van der Waals surface area contributed by atoms with Crippen molar-refractivity contribution in [3.05, 3.63) is 323 Å². The van der Waals surface area contributed by atoms with Gasteiger partial charge < -0.3 is 0 Å².